The first-order valence-electron chi connectivity index (χ1n) is 12.7. The van der Waals surface area contributed by atoms with Gasteiger partial charge in [-0.1, -0.05) is 23.8 Å². The fraction of sp³-hybridized carbons (Fsp3) is 0.414. The highest BCUT2D eigenvalue weighted by Crippen LogP contribution is 2.27. The van der Waals surface area contributed by atoms with Crippen LogP contribution in [-0.4, -0.2) is 61.8 Å². The molecule has 0 unspecified atom stereocenters. The molecule has 2 fully saturated rings. The minimum atomic E-state index is -0.131. The monoisotopic (exact) mass is 474 g/mol. The molecule has 0 aliphatic carbocycles. The number of halogens is 1. The van der Waals surface area contributed by atoms with Crippen LogP contribution in [0.25, 0.3) is 17.0 Å². The Morgan fingerprint density at radius 1 is 1.11 bits per heavy atom. The van der Waals surface area contributed by atoms with Gasteiger partial charge in [-0.15, -0.1) is 0 Å². The number of aryl methyl sites for hydroxylation is 1. The molecule has 2 saturated heterocycles. The maximum absolute atomic E-state index is 14.6. The molecule has 6 heteroatoms. The van der Waals surface area contributed by atoms with E-state index in [1.54, 1.807) is 6.07 Å². The normalized spacial score (nSPS) is 19.2. The molecule has 184 valence electrons. The van der Waals surface area contributed by atoms with Crippen LogP contribution in [-0.2, 0) is 0 Å². The number of pyridine rings is 1. The predicted octanol–water partition coefficient (Wildman–Crippen LogP) is 5.04. The summed E-state index contributed by atoms with van der Waals surface area (Å²) in [6.45, 7) is 10.3. The lowest BCUT2D eigenvalue weighted by Crippen LogP contribution is -2.49. The van der Waals surface area contributed by atoms with Gasteiger partial charge < -0.3 is 15.0 Å². The van der Waals surface area contributed by atoms with Gasteiger partial charge in [0.05, 0.1) is 11.2 Å². The lowest BCUT2D eigenvalue weighted by molar-refractivity contribution is 0.200. The van der Waals surface area contributed by atoms with Gasteiger partial charge in [0.25, 0.3) is 0 Å². The Kier molecular flexibility index (Phi) is 7.30. The number of nitrogens with one attached hydrogen (secondary N) is 1. The third-order valence-corrected chi connectivity index (χ3v) is 7.04. The minimum absolute atomic E-state index is 0.131. The van der Waals surface area contributed by atoms with Crippen molar-refractivity contribution < 1.29 is 9.13 Å². The molecule has 2 aliphatic rings. The number of benzene rings is 2. The molecule has 0 saturated carbocycles. The van der Waals surface area contributed by atoms with E-state index in [0.29, 0.717) is 12.6 Å². The lowest BCUT2D eigenvalue weighted by atomic mass is 10.0. The smallest absolute Gasteiger partial charge is 0.146 e. The summed E-state index contributed by atoms with van der Waals surface area (Å²) in [5, 5.41) is 4.49. The highest BCUT2D eigenvalue weighted by atomic mass is 19.1. The van der Waals surface area contributed by atoms with Gasteiger partial charge in [0.1, 0.15) is 18.2 Å². The van der Waals surface area contributed by atoms with Gasteiger partial charge in [-0.05, 0) is 68.7 Å². The van der Waals surface area contributed by atoms with E-state index in [4.69, 9.17) is 4.74 Å². The first-order valence-corrected chi connectivity index (χ1v) is 12.7. The van der Waals surface area contributed by atoms with Crippen LogP contribution >= 0.6 is 0 Å². The van der Waals surface area contributed by atoms with E-state index < -0.39 is 0 Å². The summed E-state index contributed by atoms with van der Waals surface area (Å²) in [5.74, 6) is 0.770. The van der Waals surface area contributed by atoms with E-state index >= 15 is 0 Å². The number of piperazine rings is 1. The molecule has 2 aromatic carbocycles. The zero-order valence-corrected chi connectivity index (χ0v) is 20.8. The fourth-order valence-corrected chi connectivity index (χ4v) is 5.10. The van der Waals surface area contributed by atoms with E-state index in [0.717, 1.165) is 85.7 Å². The number of ether oxygens (including phenoxy) is 1. The standard InChI is InChI=1S/C29H35FN4O/c1-21-6-8-25-27(32-21)4-3-5-29(25)35-17-16-33-13-10-23(11-14-33)18-24-7-9-26(30)28(19-24)34-15-12-31-22(2)20-34/h3-9,18-19,22,31H,10-17,20H2,1-2H3/t22-/m1/s1. The van der Waals surface area contributed by atoms with Gasteiger partial charge in [-0.2, -0.15) is 0 Å². The molecule has 3 heterocycles. The van der Waals surface area contributed by atoms with Crippen LogP contribution in [0.1, 0.15) is 31.0 Å². The second kappa shape index (κ2) is 10.8. The molecule has 0 radical (unpaired) electrons. The summed E-state index contributed by atoms with van der Waals surface area (Å²) in [4.78, 5) is 9.22. The molecular formula is C29H35FN4O. The number of likely N-dealkylation sites (tertiary alicyclic amines) is 1. The van der Waals surface area contributed by atoms with Crippen molar-refractivity contribution in [2.75, 3.05) is 50.8 Å². The van der Waals surface area contributed by atoms with Crippen molar-refractivity contribution in [1.29, 1.82) is 0 Å². The average Bonchev–Trinajstić information content (AvgIpc) is 2.86. The molecule has 5 rings (SSSR count). The van der Waals surface area contributed by atoms with Crippen molar-refractivity contribution in [2.45, 2.75) is 32.7 Å². The zero-order valence-electron chi connectivity index (χ0n) is 20.8. The van der Waals surface area contributed by atoms with Gasteiger partial charge in [0, 0.05) is 56.4 Å². The molecule has 1 aromatic heterocycles. The van der Waals surface area contributed by atoms with Crippen molar-refractivity contribution in [2.24, 2.45) is 0 Å². The minimum Gasteiger partial charge on any atom is -0.492 e. The summed E-state index contributed by atoms with van der Waals surface area (Å²) in [5.41, 5.74) is 5.25. The maximum atomic E-state index is 14.6. The number of aromatic nitrogens is 1. The number of piperidine rings is 1. The number of anilines is 1. The van der Waals surface area contributed by atoms with Gasteiger partial charge in [0.15, 0.2) is 0 Å². The van der Waals surface area contributed by atoms with Crippen LogP contribution in [0.3, 0.4) is 0 Å². The summed E-state index contributed by atoms with van der Waals surface area (Å²) >= 11 is 0. The van der Waals surface area contributed by atoms with Crippen LogP contribution in [0.2, 0.25) is 0 Å². The second-order valence-corrected chi connectivity index (χ2v) is 9.78. The molecule has 0 bridgehead atoms. The van der Waals surface area contributed by atoms with E-state index in [1.807, 2.05) is 43.3 Å². The zero-order chi connectivity index (χ0) is 24.2. The van der Waals surface area contributed by atoms with Crippen molar-refractivity contribution in [3.8, 4) is 5.75 Å². The van der Waals surface area contributed by atoms with E-state index in [-0.39, 0.29) is 5.82 Å². The Morgan fingerprint density at radius 2 is 1.97 bits per heavy atom. The van der Waals surface area contributed by atoms with Gasteiger partial charge in [0.2, 0.25) is 0 Å². The number of hydrogen-bond acceptors (Lipinski definition) is 5. The van der Waals surface area contributed by atoms with E-state index in [2.05, 4.69) is 39.2 Å². The predicted molar refractivity (Wildman–Crippen MR) is 142 cm³/mol. The SMILES string of the molecule is Cc1ccc2c(OCCN3CCC(=Cc4ccc(F)c(N5CCN[C@H](C)C5)c4)CC3)cccc2n1. The molecule has 2 aliphatic heterocycles. The quantitative estimate of drug-likeness (QED) is 0.542. The number of fused-ring (bicyclic) bond motifs is 1. The summed E-state index contributed by atoms with van der Waals surface area (Å²) in [6.07, 6.45) is 4.33. The fourth-order valence-electron chi connectivity index (χ4n) is 5.10. The highest BCUT2D eigenvalue weighted by molar-refractivity contribution is 5.85. The van der Waals surface area contributed by atoms with Gasteiger partial charge in [-0.3, -0.25) is 9.88 Å². The number of rotatable bonds is 6. The van der Waals surface area contributed by atoms with Gasteiger partial charge >= 0.3 is 0 Å². The Hall–Kier alpha value is -2.96. The first-order chi connectivity index (χ1) is 17.0. The second-order valence-electron chi connectivity index (χ2n) is 9.78. The number of nitrogens with zero attached hydrogens (tertiary/aromatic N) is 3. The van der Waals surface area contributed by atoms with Crippen LogP contribution < -0.4 is 15.0 Å². The van der Waals surface area contributed by atoms with Crippen LogP contribution in [0.4, 0.5) is 10.1 Å². The molecule has 0 amide bonds. The highest BCUT2D eigenvalue weighted by Gasteiger charge is 2.19. The summed E-state index contributed by atoms with van der Waals surface area (Å²) < 4.78 is 20.7. The molecule has 0 spiro atoms. The topological polar surface area (TPSA) is 40.6 Å². The third kappa shape index (κ3) is 5.82. The molecule has 35 heavy (non-hydrogen) atoms. The van der Waals surface area contributed by atoms with Crippen LogP contribution in [0.5, 0.6) is 5.75 Å². The molecule has 1 N–H and O–H groups in total. The van der Waals surface area contributed by atoms with E-state index in [1.165, 1.54) is 5.57 Å². The van der Waals surface area contributed by atoms with Gasteiger partial charge in [-0.25, -0.2) is 4.39 Å². The van der Waals surface area contributed by atoms with Crippen molar-refractivity contribution in [1.82, 2.24) is 15.2 Å². The third-order valence-electron chi connectivity index (χ3n) is 7.04. The Morgan fingerprint density at radius 3 is 2.80 bits per heavy atom. The molecular weight excluding hydrogens is 439 g/mol. The van der Waals surface area contributed by atoms with Crippen molar-refractivity contribution in [3.63, 3.8) is 0 Å². The van der Waals surface area contributed by atoms with Crippen molar-refractivity contribution in [3.05, 3.63) is 71.2 Å². The molecule has 1 atom stereocenters. The van der Waals surface area contributed by atoms with Crippen LogP contribution in [0.15, 0.2) is 54.1 Å². The van der Waals surface area contributed by atoms with Crippen molar-refractivity contribution >= 4 is 22.7 Å². The Bertz CT molecular complexity index is 1200. The summed E-state index contributed by atoms with van der Waals surface area (Å²) in [6, 6.07) is 16.1. The maximum Gasteiger partial charge on any atom is 0.146 e. The average molecular weight is 475 g/mol. The largest absolute Gasteiger partial charge is 0.492 e. The molecule has 3 aromatic rings. The lowest BCUT2D eigenvalue weighted by Gasteiger charge is -2.34. The Balaban J connectivity index is 1.15. The first kappa shape index (κ1) is 23.8. The number of hydrogen-bond donors (Lipinski definition) is 1. The van der Waals surface area contributed by atoms with E-state index in [9.17, 15) is 4.39 Å². The summed E-state index contributed by atoms with van der Waals surface area (Å²) in [7, 11) is 0. The Labute approximate surface area is 207 Å². The van der Waals surface area contributed by atoms with Crippen LogP contribution in [0, 0.1) is 12.7 Å². The molecule has 5 nitrogen and oxygen atoms in total.